The number of carbonyl (C=O) groups excluding carboxylic acids is 1. The summed E-state index contributed by atoms with van der Waals surface area (Å²) in [4.78, 5) is 12.1. The average Bonchev–Trinajstić information content (AvgIpc) is 2.97. The van der Waals surface area contributed by atoms with Gasteiger partial charge in [0.05, 0.1) is 5.75 Å². The topological polar surface area (TPSA) is 59.8 Å². The van der Waals surface area contributed by atoms with Crippen LogP contribution >= 0.6 is 11.8 Å². The van der Waals surface area contributed by atoms with E-state index in [9.17, 15) is 4.79 Å². The minimum atomic E-state index is -0.0614. The molecule has 25 heavy (non-hydrogen) atoms. The normalized spacial score (nSPS) is 10.7. The fourth-order valence-corrected chi connectivity index (χ4v) is 3.07. The van der Waals surface area contributed by atoms with E-state index in [1.54, 1.807) is 0 Å². The minimum absolute atomic E-state index is 0.0614. The number of hydrogen-bond donors (Lipinski definition) is 1. The van der Waals surface area contributed by atoms with Gasteiger partial charge in [-0.3, -0.25) is 4.79 Å². The lowest BCUT2D eigenvalue weighted by molar-refractivity contribution is -0.113. The lowest BCUT2D eigenvalue weighted by atomic mass is 10.1. The van der Waals surface area contributed by atoms with Crippen molar-refractivity contribution in [1.82, 2.24) is 14.8 Å². The quantitative estimate of drug-likeness (QED) is 0.709. The number of rotatable bonds is 5. The van der Waals surface area contributed by atoms with Crippen LogP contribution in [0.2, 0.25) is 0 Å². The van der Waals surface area contributed by atoms with E-state index in [0.29, 0.717) is 0 Å². The SMILES string of the molecule is Cc1ccc(NC(=O)CSc2nnc(-c3ccc(C)cc3)n2C)cc1. The number of benzene rings is 2. The van der Waals surface area contributed by atoms with Crippen LogP contribution in [-0.2, 0) is 11.8 Å². The Morgan fingerprint density at radius 1 is 1.00 bits per heavy atom. The molecule has 0 atom stereocenters. The first-order valence-corrected chi connectivity index (χ1v) is 8.97. The molecule has 1 amide bonds. The second-order valence-corrected chi connectivity index (χ2v) is 6.88. The molecule has 2 aromatic carbocycles. The monoisotopic (exact) mass is 352 g/mol. The number of aromatic nitrogens is 3. The molecule has 0 aliphatic heterocycles. The van der Waals surface area contributed by atoms with E-state index in [2.05, 4.69) is 15.5 Å². The molecule has 1 heterocycles. The lowest BCUT2D eigenvalue weighted by Gasteiger charge is -2.06. The third-order valence-corrected chi connectivity index (χ3v) is 4.83. The molecule has 0 aliphatic rings. The highest BCUT2D eigenvalue weighted by molar-refractivity contribution is 7.99. The van der Waals surface area contributed by atoms with Crippen molar-refractivity contribution in [3.05, 3.63) is 59.7 Å². The summed E-state index contributed by atoms with van der Waals surface area (Å²) in [6, 6.07) is 15.9. The van der Waals surface area contributed by atoms with E-state index in [0.717, 1.165) is 27.8 Å². The molecule has 3 rings (SSSR count). The number of thioether (sulfide) groups is 1. The molecule has 128 valence electrons. The molecule has 0 unspecified atom stereocenters. The molecule has 0 aliphatic carbocycles. The van der Waals surface area contributed by atoms with Crippen molar-refractivity contribution < 1.29 is 4.79 Å². The molecular formula is C19H20N4OS. The molecule has 3 aromatic rings. The van der Waals surface area contributed by atoms with Gasteiger partial charge in [0.15, 0.2) is 11.0 Å². The molecule has 5 nitrogen and oxygen atoms in total. The van der Waals surface area contributed by atoms with Gasteiger partial charge in [0.1, 0.15) is 0 Å². The Hall–Kier alpha value is -2.60. The molecule has 1 N–H and O–H groups in total. The maximum absolute atomic E-state index is 12.1. The van der Waals surface area contributed by atoms with Crippen LogP contribution in [0.4, 0.5) is 5.69 Å². The number of nitrogens with zero attached hydrogens (tertiary/aromatic N) is 3. The van der Waals surface area contributed by atoms with Gasteiger partial charge >= 0.3 is 0 Å². The third kappa shape index (κ3) is 4.28. The van der Waals surface area contributed by atoms with Gasteiger partial charge in [-0.1, -0.05) is 59.3 Å². The van der Waals surface area contributed by atoms with Crippen LogP contribution < -0.4 is 5.32 Å². The molecular weight excluding hydrogens is 332 g/mol. The summed E-state index contributed by atoms with van der Waals surface area (Å²) in [6.07, 6.45) is 0. The summed E-state index contributed by atoms with van der Waals surface area (Å²) < 4.78 is 1.91. The Kier molecular flexibility index (Phi) is 5.19. The van der Waals surface area contributed by atoms with Gasteiger partial charge in [0.25, 0.3) is 0 Å². The summed E-state index contributed by atoms with van der Waals surface area (Å²) in [5.74, 6) is 1.02. The van der Waals surface area contributed by atoms with Crippen LogP contribution in [0.1, 0.15) is 11.1 Å². The Morgan fingerprint density at radius 2 is 1.60 bits per heavy atom. The highest BCUT2D eigenvalue weighted by Crippen LogP contribution is 2.23. The number of hydrogen-bond acceptors (Lipinski definition) is 4. The Morgan fingerprint density at radius 3 is 2.24 bits per heavy atom. The zero-order chi connectivity index (χ0) is 17.8. The first-order chi connectivity index (χ1) is 12.0. The van der Waals surface area contributed by atoms with E-state index < -0.39 is 0 Å². The summed E-state index contributed by atoms with van der Waals surface area (Å²) in [5.41, 5.74) is 4.18. The fourth-order valence-electron chi connectivity index (χ4n) is 2.36. The number of nitrogens with one attached hydrogen (secondary N) is 1. The van der Waals surface area contributed by atoms with Crippen LogP contribution in [0.25, 0.3) is 11.4 Å². The zero-order valence-electron chi connectivity index (χ0n) is 14.5. The van der Waals surface area contributed by atoms with Crippen LogP contribution in [0.5, 0.6) is 0 Å². The number of amides is 1. The number of aryl methyl sites for hydroxylation is 2. The Bertz CT molecular complexity index is 869. The van der Waals surface area contributed by atoms with Crippen molar-refractivity contribution in [3.8, 4) is 11.4 Å². The van der Waals surface area contributed by atoms with Gasteiger partial charge < -0.3 is 9.88 Å². The molecule has 0 radical (unpaired) electrons. The van der Waals surface area contributed by atoms with Crippen LogP contribution in [-0.4, -0.2) is 26.4 Å². The zero-order valence-corrected chi connectivity index (χ0v) is 15.3. The summed E-state index contributed by atoms with van der Waals surface area (Å²) in [6.45, 7) is 4.07. The van der Waals surface area contributed by atoms with Crippen molar-refractivity contribution in [2.75, 3.05) is 11.1 Å². The van der Waals surface area contributed by atoms with Gasteiger partial charge in [-0.2, -0.15) is 0 Å². The lowest BCUT2D eigenvalue weighted by Crippen LogP contribution is -2.14. The third-order valence-electron chi connectivity index (χ3n) is 3.81. The molecule has 6 heteroatoms. The first-order valence-electron chi connectivity index (χ1n) is 7.98. The van der Waals surface area contributed by atoms with Crippen molar-refractivity contribution >= 4 is 23.4 Å². The first kappa shape index (κ1) is 17.2. The summed E-state index contributed by atoms with van der Waals surface area (Å²) in [7, 11) is 1.91. The Balaban J connectivity index is 1.62. The average molecular weight is 352 g/mol. The van der Waals surface area contributed by atoms with Crippen molar-refractivity contribution in [2.24, 2.45) is 7.05 Å². The predicted octanol–water partition coefficient (Wildman–Crippen LogP) is 3.83. The maximum atomic E-state index is 12.1. The molecule has 0 spiro atoms. The molecule has 0 bridgehead atoms. The van der Waals surface area contributed by atoms with Crippen molar-refractivity contribution in [3.63, 3.8) is 0 Å². The van der Waals surface area contributed by atoms with Crippen molar-refractivity contribution in [1.29, 1.82) is 0 Å². The standard InChI is InChI=1S/C19H20N4OS/c1-13-4-8-15(9-5-13)18-21-22-19(23(18)3)25-12-17(24)20-16-10-6-14(2)7-11-16/h4-11H,12H2,1-3H3,(H,20,24). The van der Waals surface area contributed by atoms with E-state index in [1.165, 1.54) is 17.3 Å². The largest absolute Gasteiger partial charge is 0.325 e. The highest BCUT2D eigenvalue weighted by Gasteiger charge is 2.13. The number of carbonyl (C=O) groups is 1. The van der Waals surface area contributed by atoms with Gasteiger partial charge in [-0.05, 0) is 26.0 Å². The molecule has 0 saturated carbocycles. The summed E-state index contributed by atoms with van der Waals surface area (Å²) >= 11 is 1.37. The minimum Gasteiger partial charge on any atom is -0.325 e. The predicted molar refractivity (Wildman–Crippen MR) is 102 cm³/mol. The van der Waals surface area contributed by atoms with Gasteiger partial charge in [0, 0.05) is 18.3 Å². The highest BCUT2D eigenvalue weighted by atomic mass is 32.2. The molecule has 0 saturated heterocycles. The Labute approximate surface area is 151 Å². The van der Waals surface area contributed by atoms with Gasteiger partial charge in [0.2, 0.25) is 5.91 Å². The van der Waals surface area contributed by atoms with Crippen LogP contribution in [0, 0.1) is 13.8 Å². The summed E-state index contributed by atoms with van der Waals surface area (Å²) in [5, 5.41) is 12.1. The number of anilines is 1. The molecule has 0 fully saturated rings. The van der Waals surface area contributed by atoms with Gasteiger partial charge in [-0.25, -0.2) is 0 Å². The smallest absolute Gasteiger partial charge is 0.234 e. The van der Waals surface area contributed by atoms with E-state index >= 15 is 0 Å². The second-order valence-electron chi connectivity index (χ2n) is 5.93. The van der Waals surface area contributed by atoms with Crippen LogP contribution in [0.15, 0.2) is 53.7 Å². The van der Waals surface area contributed by atoms with Gasteiger partial charge in [-0.15, -0.1) is 10.2 Å². The maximum Gasteiger partial charge on any atom is 0.234 e. The fraction of sp³-hybridized carbons (Fsp3) is 0.211. The van der Waals surface area contributed by atoms with E-state index in [1.807, 2.05) is 74.0 Å². The molecule has 1 aromatic heterocycles. The van der Waals surface area contributed by atoms with E-state index in [4.69, 9.17) is 0 Å². The van der Waals surface area contributed by atoms with Crippen molar-refractivity contribution in [2.45, 2.75) is 19.0 Å². The van der Waals surface area contributed by atoms with Crippen LogP contribution in [0.3, 0.4) is 0 Å². The second kappa shape index (κ2) is 7.53. The van der Waals surface area contributed by atoms with E-state index in [-0.39, 0.29) is 11.7 Å².